The van der Waals surface area contributed by atoms with E-state index in [4.69, 9.17) is 16.0 Å². The molecular formula is C17H15F4N5O3S. The largest absolute Gasteiger partial charge is 0.417 e. The molecule has 3 aromatic rings. The van der Waals surface area contributed by atoms with Gasteiger partial charge in [0.2, 0.25) is 0 Å². The smallest absolute Gasteiger partial charge is 0.370 e. The topological polar surface area (TPSA) is 145 Å². The van der Waals surface area contributed by atoms with E-state index in [0.717, 1.165) is 6.07 Å². The maximum atomic E-state index is 13.4. The van der Waals surface area contributed by atoms with Crippen LogP contribution in [-0.2, 0) is 16.3 Å². The maximum Gasteiger partial charge on any atom is 0.417 e. The zero-order valence-electron chi connectivity index (χ0n) is 15.2. The van der Waals surface area contributed by atoms with E-state index < -0.39 is 33.6 Å². The van der Waals surface area contributed by atoms with E-state index in [1.165, 1.54) is 36.4 Å². The Hall–Kier alpha value is -3.32. The molecule has 5 N–H and O–H groups in total. The fourth-order valence-electron chi connectivity index (χ4n) is 2.45. The fourth-order valence-corrected chi connectivity index (χ4v) is 2.45. The number of benzene rings is 2. The van der Waals surface area contributed by atoms with Gasteiger partial charge in [-0.15, -0.1) is 10.2 Å². The van der Waals surface area contributed by atoms with Crippen LogP contribution in [0.4, 0.5) is 23.4 Å². The first-order chi connectivity index (χ1) is 13.8. The van der Waals surface area contributed by atoms with Crippen LogP contribution in [0.5, 0.6) is 0 Å². The van der Waals surface area contributed by atoms with Crippen molar-refractivity contribution in [3.63, 3.8) is 0 Å². The number of halogens is 4. The van der Waals surface area contributed by atoms with E-state index >= 15 is 0 Å². The highest BCUT2D eigenvalue weighted by Gasteiger charge is 2.34. The summed E-state index contributed by atoms with van der Waals surface area (Å²) in [5, 5.41) is 7.52. The van der Waals surface area contributed by atoms with Crippen LogP contribution in [0, 0.1) is 5.82 Å². The van der Waals surface area contributed by atoms with Crippen molar-refractivity contribution in [3.05, 3.63) is 53.8 Å². The van der Waals surface area contributed by atoms with E-state index in [1.54, 1.807) is 0 Å². The molecular weight excluding hydrogens is 430 g/mol. The predicted octanol–water partition coefficient (Wildman–Crippen LogP) is 2.86. The zero-order chi connectivity index (χ0) is 22.7. The first-order valence-corrected chi connectivity index (χ1v) is 9.77. The fraction of sp³-hybridized carbons (Fsp3) is 0.118. The highest BCUT2D eigenvalue weighted by molar-refractivity contribution is 7.85. The number of nitrogens with zero attached hydrogens (tertiary/aromatic N) is 3. The van der Waals surface area contributed by atoms with Crippen molar-refractivity contribution in [3.8, 4) is 11.3 Å². The third-order valence-electron chi connectivity index (χ3n) is 3.45. The maximum absolute atomic E-state index is 13.4. The Morgan fingerprint density at radius 3 is 2.13 bits per heavy atom. The predicted molar refractivity (Wildman–Crippen MR) is 103 cm³/mol. The lowest BCUT2D eigenvalue weighted by atomic mass is 10.0. The third kappa shape index (κ3) is 6.09. The summed E-state index contributed by atoms with van der Waals surface area (Å²) in [4.78, 5) is 3.65. The lowest BCUT2D eigenvalue weighted by Gasteiger charge is -2.13. The molecule has 0 saturated carbocycles. The lowest BCUT2D eigenvalue weighted by molar-refractivity contribution is -0.136. The number of rotatable bonds is 2. The molecule has 13 heteroatoms. The van der Waals surface area contributed by atoms with Crippen molar-refractivity contribution in [1.29, 1.82) is 0 Å². The first-order valence-electron chi connectivity index (χ1n) is 7.92. The molecule has 0 radical (unpaired) electrons. The molecule has 0 spiro atoms. The molecule has 0 saturated heterocycles. The molecule has 3 rings (SSSR count). The average molecular weight is 445 g/mol. The number of fused-ring (bicyclic) bond motifs is 1. The SMILES string of the molecule is CS(=O)(=O)O.NC(N)=Nc1nnc(-c2ccc(F)cc2)c2cccc(C(F)(F)F)c12. The molecule has 8 nitrogen and oxygen atoms in total. The second kappa shape index (κ2) is 8.59. The van der Waals surface area contributed by atoms with Crippen molar-refractivity contribution < 1.29 is 30.5 Å². The van der Waals surface area contributed by atoms with Gasteiger partial charge in [0.25, 0.3) is 10.1 Å². The van der Waals surface area contributed by atoms with Crippen LogP contribution in [-0.4, -0.2) is 35.4 Å². The van der Waals surface area contributed by atoms with Crippen LogP contribution < -0.4 is 11.5 Å². The summed E-state index contributed by atoms with van der Waals surface area (Å²) in [7, 11) is -3.67. The zero-order valence-corrected chi connectivity index (χ0v) is 16.0. The van der Waals surface area contributed by atoms with Gasteiger partial charge in [0.05, 0.1) is 11.8 Å². The van der Waals surface area contributed by atoms with Crippen LogP contribution in [0.3, 0.4) is 0 Å². The summed E-state index contributed by atoms with van der Waals surface area (Å²) >= 11 is 0. The molecule has 0 fully saturated rings. The Labute approximate surface area is 168 Å². The van der Waals surface area contributed by atoms with Gasteiger partial charge in [0.15, 0.2) is 11.8 Å². The molecule has 2 aromatic carbocycles. The number of hydrogen-bond acceptors (Lipinski definition) is 5. The Balaban J connectivity index is 0.000000575. The van der Waals surface area contributed by atoms with Gasteiger partial charge in [-0.2, -0.15) is 26.6 Å². The second-order valence-electron chi connectivity index (χ2n) is 5.87. The van der Waals surface area contributed by atoms with Crippen molar-refractivity contribution in [2.45, 2.75) is 6.18 Å². The number of nitrogens with two attached hydrogens (primary N) is 2. The number of hydrogen-bond donors (Lipinski definition) is 3. The minimum atomic E-state index is -4.64. The number of guanidine groups is 1. The molecule has 30 heavy (non-hydrogen) atoms. The number of aromatic nitrogens is 2. The van der Waals surface area contributed by atoms with Gasteiger partial charge >= 0.3 is 6.18 Å². The standard InChI is InChI=1S/C16H11F4N5.CH4O3S/c17-9-6-4-8(5-7-9)13-10-2-1-3-11(16(18,19)20)12(10)14(25-24-13)23-15(21)22;1-5(2,3)4/h1-7H,(H4,21,22,23,25);1H3,(H,2,3,4). The summed E-state index contributed by atoms with van der Waals surface area (Å²) < 4.78 is 79.2. The molecule has 1 heterocycles. The van der Waals surface area contributed by atoms with E-state index in [-0.39, 0.29) is 22.3 Å². The molecule has 0 atom stereocenters. The molecule has 0 aliphatic rings. The molecule has 0 unspecified atom stereocenters. The minimum absolute atomic E-state index is 0.149. The minimum Gasteiger partial charge on any atom is -0.370 e. The highest BCUT2D eigenvalue weighted by atomic mass is 32.2. The van der Waals surface area contributed by atoms with Gasteiger partial charge in [-0.25, -0.2) is 4.39 Å². The Kier molecular flexibility index (Phi) is 6.57. The van der Waals surface area contributed by atoms with Gasteiger partial charge in [-0.1, -0.05) is 12.1 Å². The Bertz CT molecular complexity index is 1180. The normalized spacial score (nSPS) is 11.5. The third-order valence-corrected chi connectivity index (χ3v) is 3.45. The Morgan fingerprint density at radius 2 is 1.63 bits per heavy atom. The Morgan fingerprint density at radius 1 is 1.07 bits per heavy atom. The summed E-state index contributed by atoms with van der Waals surface area (Å²) in [5.74, 6) is -1.26. The second-order valence-corrected chi connectivity index (χ2v) is 7.34. The molecule has 0 aliphatic carbocycles. The van der Waals surface area contributed by atoms with Gasteiger partial charge in [0, 0.05) is 16.3 Å². The molecule has 0 bridgehead atoms. The van der Waals surface area contributed by atoms with Gasteiger partial charge in [0.1, 0.15) is 11.5 Å². The molecule has 1 aromatic heterocycles. The highest BCUT2D eigenvalue weighted by Crippen LogP contribution is 2.40. The van der Waals surface area contributed by atoms with Crippen LogP contribution >= 0.6 is 0 Å². The van der Waals surface area contributed by atoms with Gasteiger partial charge in [-0.05, 0) is 30.3 Å². The van der Waals surface area contributed by atoms with Crippen LogP contribution in [0.25, 0.3) is 22.0 Å². The van der Waals surface area contributed by atoms with Crippen molar-refractivity contribution in [2.75, 3.05) is 6.26 Å². The van der Waals surface area contributed by atoms with Crippen molar-refractivity contribution in [2.24, 2.45) is 16.5 Å². The average Bonchev–Trinajstić information content (AvgIpc) is 2.60. The molecule has 0 amide bonds. The summed E-state index contributed by atoms with van der Waals surface area (Å²) in [6, 6.07) is 8.77. The molecule has 160 valence electrons. The summed E-state index contributed by atoms with van der Waals surface area (Å²) in [5.41, 5.74) is 10.2. The van der Waals surface area contributed by atoms with Crippen LogP contribution in [0.1, 0.15) is 5.56 Å². The van der Waals surface area contributed by atoms with Gasteiger partial charge in [-0.3, -0.25) is 4.55 Å². The number of alkyl halides is 3. The molecule has 0 aliphatic heterocycles. The number of aliphatic imine (C=N–C) groups is 1. The van der Waals surface area contributed by atoms with E-state index in [0.29, 0.717) is 11.8 Å². The van der Waals surface area contributed by atoms with Crippen molar-refractivity contribution in [1.82, 2.24) is 10.2 Å². The van der Waals surface area contributed by atoms with E-state index in [1.807, 2.05) is 0 Å². The lowest BCUT2D eigenvalue weighted by Crippen LogP contribution is -2.22. The van der Waals surface area contributed by atoms with Gasteiger partial charge < -0.3 is 11.5 Å². The van der Waals surface area contributed by atoms with Crippen molar-refractivity contribution >= 4 is 32.7 Å². The monoisotopic (exact) mass is 445 g/mol. The summed E-state index contributed by atoms with van der Waals surface area (Å²) in [6.45, 7) is 0. The first kappa shape index (κ1) is 23.0. The van der Waals surface area contributed by atoms with E-state index in [9.17, 15) is 26.0 Å². The van der Waals surface area contributed by atoms with Crippen LogP contribution in [0.15, 0.2) is 47.5 Å². The summed E-state index contributed by atoms with van der Waals surface area (Å²) in [6.07, 6.45) is -3.93. The van der Waals surface area contributed by atoms with E-state index in [2.05, 4.69) is 15.2 Å². The van der Waals surface area contributed by atoms with Crippen LogP contribution in [0.2, 0.25) is 0 Å². The quantitative estimate of drug-likeness (QED) is 0.238.